The minimum Gasteiger partial charge on any atom is -0.385 e. The van der Waals surface area contributed by atoms with Gasteiger partial charge in [0, 0.05) is 0 Å². The molecule has 0 radical (unpaired) electrons. The van der Waals surface area contributed by atoms with Gasteiger partial charge in [-0.1, -0.05) is 18.9 Å². The lowest BCUT2D eigenvalue weighted by Gasteiger charge is -2.42. The quantitative estimate of drug-likeness (QED) is 0.642. The molecular weight excluding hydrogens is 176 g/mol. The molecule has 1 N–H and O–H groups in total. The molecule has 1 saturated carbocycles. The van der Waals surface area contributed by atoms with E-state index < -0.39 is 6.10 Å². The maximum Gasteiger partial charge on any atom is 0.186 e. The summed E-state index contributed by atoms with van der Waals surface area (Å²) in [5, 5.41) is 9.67. The van der Waals surface area contributed by atoms with Gasteiger partial charge in [-0.25, -0.2) is 0 Å². The van der Waals surface area contributed by atoms with Crippen LogP contribution < -0.4 is 0 Å². The molecule has 0 aromatic heterocycles. The highest BCUT2D eigenvalue weighted by Crippen LogP contribution is 2.48. The molecule has 1 fully saturated rings. The van der Waals surface area contributed by atoms with E-state index in [9.17, 15) is 9.90 Å². The van der Waals surface area contributed by atoms with Crippen molar-refractivity contribution in [2.75, 3.05) is 0 Å². The summed E-state index contributed by atoms with van der Waals surface area (Å²) in [6, 6.07) is 0. The van der Waals surface area contributed by atoms with Crippen LogP contribution in [0.2, 0.25) is 0 Å². The van der Waals surface area contributed by atoms with Gasteiger partial charge in [-0.15, -0.1) is 0 Å². The van der Waals surface area contributed by atoms with Crippen molar-refractivity contribution in [3.8, 4) is 0 Å². The zero-order valence-electron chi connectivity index (χ0n) is 8.97. The number of rotatable bonds is 0. The van der Waals surface area contributed by atoms with E-state index in [-0.39, 0.29) is 11.2 Å². The van der Waals surface area contributed by atoms with Crippen molar-refractivity contribution in [1.82, 2.24) is 0 Å². The molecule has 2 heteroatoms. The Morgan fingerprint density at radius 2 is 2.14 bits per heavy atom. The van der Waals surface area contributed by atoms with Crippen LogP contribution in [0.4, 0.5) is 0 Å². The van der Waals surface area contributed by atoms with E-state index in [1.807, 2.05) is 6.92 Å². The minimum atomic E-state index is -0.748. The molecule has 78 valence electrons. The smallest absolute Gasteiger partial charge is 0.186 e. The summed E-state index contributed by atoms with van der Waals surface area (Å²) in [4.78, 5) is 11.6. The number of Topliss-reactive ketones (excluding diaryl/α,β-unsaturated/α-hetero) is 1. The molecule has 0 amide bonds. The molecule has 0 aromatic rings. The van der Waals surface area contributed by atoms with Crippen LogP contribution in [-0.4, -0.2) is 17.0 Å². The molecule has 2 aliphatic rings. The number of carbonyl (C=O) groups is 1. The molecule has 14 heavy (non-hydrogen) atoms. The van der Waals surface area contributed by atoms with Gasteiger partial charge in [0.15, 0.2) is 5.78 Å². The number of ketones is 1. The fourth-order valence-corrected chi connectivity index (χ4v) is 3.05. The summed E-state index contributed by atoms with van der Waals surface area (Å²) in [5.74, 6) is -0.0422. The molecule has 0 saturated heterocycles. The zero-order valence-corrected chi connectivity index (χ0v) is 8.97. The average molecular weight is 194 g/mol. The monoisotopic (exact) mass is 194 g/mol. The summed E-state index contributed by atoms with van der Waals surface area (Å²) in [6.45, 7) is 4.07. The van der Waals surface area contributed by atoms with Gasteiger partial charge in [0.05, 0.1) is 0 Å². The Kier molecular flexibility index (Phi) is 2.26. The lowest BCUT2D eigenvalue weighted by Crippen LogP contribution is -2.39. The number of hydrogen-bond acceptors (Lipinski definition) is 2. The summed E-state index contributed by atoms with van der Waals surface area (Å²) >= 11 is 0. The van der Waals surface area contributed by atoms with Crippen molar-refractivity contribution in [2.45, 2.75) is 52.1 Å². The molecule has 2 aliphatic carbocycles. The maximum atomic E-state index is 11.6. The zero-order chi connectivity index (χ0) is 10.3. The van der Waals surface area contributed by atoms with E-state index in [2.05, 4.69) is 6.92 Å². The van der Waals surface area contributed by atoms with Crippen LogP contribution in [0.25, 0.3) is 0 Å². The minimum absolute atomic E-state index is 0.0422. The first-order chi connectivity index (χ1) is 6.54. The number of aliphatic hydroxyl groups excluding tert-OH is 1. The van der Waals surface area contributed by atoms with Gasteiger partial charge in [0.2, 0.25) is 0 Å². The highest BCUT2D eigenvalue weighted by atomic mass is 16.3. The van der Waals surface area contributed by atoms with Gasteiger partial charge in [-0.05, 0) is 43.6 Å². The highest BCUT2D eigenvalue weighted by Gasteiger charge is 2.41. The van der Waals surface area contributed by atoms with E-state index in [1.165, 1.54) is 18.4 Å². The van der Waals surface area contributed by atoms with Crippen molar-refractivity contribution < 1.29 is 9.90 Å². The third kappa shape index (κ3) is 1.33. The molecule has 2 atom stereocenters. The van der Waals surface area contributed by atoms with Crippen LogP contribution in [0.15, 0.2) is 11.1 Å². The fraction of sp³-hybridized carbons (Fsp3) is 0.750. The van der Waals surface area contributed by atoms with Gasteiger partial charge < -0.3 is 5.11 Å². The molecule has 0 aromatic carbocycles. The van der Waals surface area contributed by atoms with Crippen molar-refractivity contribution in [3.63, 3.8) is 0 Å². The molecule has 0 aliphatic heterocycles. The number of allylic oxidation sites excluding steroid dienone is 1. The number of fused-ring (bicyclic) bond motifs is 1. The Balaban J connectivity index is 2.43. The molecule has 0 bridgehead atoms. The van der Waals surface area contributed by atoms with Crippen molar-refractivity contribution in [2.24, 2.45) is 5.41 Å². The van der Waals surface area contributed by atoms with Crippen molar-refractivity contribution in [3.05, 3.63) is 11.1 Å². The lowest BCUT2D eigenvalue weighted by molar-refractivity contribution is -0.126. The Labute approximate surface area is 85.0 Å². The number of hydrogen-bond donors (Lipinski definition) is 1. The summed E-state index contributed by atoms with van der Waals surface area (Å²) in [7, 11) is 0. The molecule has 2 rings (SSSR count). The van der Waals surface area contributed by atoms with Crippen molar-refractivity contribution >= 4 is 5.78 Å². The van der Waals surface area contributed by atoms with Gasteiger partial charge in [-0.2, -0.15) is 0 Å². The average Bonchev–Trinajstić information content (AvgIpc) is 2.14. The van der Waals surface area contributed by atoms with E-state index in [0.717, 1.165) is 18.4 Å². The van der Waals surface area contributed by atoms with Crippen LogP contribution in [0.5, 0.6) is 0 Å². The standard InChI is InChI=1S/C12H18O2/c1-8-9-5-3-4-6-12(9,2)7-10(13)11(8)14/h10,13H,3-7H2,1-2H3/t10-,12-/m0/s1. The van der Waals surface area contributed by atoms with Crippen LogP contribution in [0, 0.1) is 5.41 Å². The first-order valence-electron chi connectivity index (χ1n) is 5.47. The summed E-state index contributed by atoms with van der Waals surface area (Å²) in [5.41, 5.74) is 2.26. The Hall–Kier alpha value is -0.630. The van der Waals surface area contributed by atoms with E-state index >= 15 is 0 Å². The molecular formula is C12H18O2. The van der Waals surface area contributed by atoms with Crippen LogP contribution in [0.1, 0.15) is 46.0 Å². The number of aliphatic hydroxyl groups is 1. The van der Waals surface area contributed by atoms with Crippen LogP contribution in [0.3, 0.4) is 0 Å². The molecule has 2 nitrogen and oxygen atoms in total. The Bertz CT molecular complexity index is 303. The van der Waals surface area contributed by atoms with E-state index in [4.69, 9.17) is 0 Å². The predicted octanol–water partition coefficient (Wildman–Crippen LogP) is 2.22. The van der Waals surface area contributed by atoms with Gasteiger partial charge in [0.25, 0.3) is 0 Å². The van der Waals surface area contributed by atoms with Gasteiger partial charge in [-0.3, -0.25) is 4.79 Å². The maximum absolute atomic E-state index is 11.6. The lowest BCUT2D eigenvalue weighted by atomic mass is 9.63. The SMILES string of the molecule is CC1=C2CCCC[C@@]2(C)C[C@H](O)C1=O. The second-order valence-corrected chi connectivity index (χ2v) is 4.96. The molecule has 0 heterocycles. The third-order valence-electron chi connectivity index (χ3n) is 3.90. The van der Waals surface area contributed by atoms with Gasteiger partial charge >= 0.3 is 0 Å². The second kappa shape index (κ2) is 3.20. The van der Waals surface area contributed by atoms with Crippen LogP contribution in [-0.2, 0) is 4.79 Å². The fourth-order valence-electron chi connectivity index (χ4n) is 3.05. The molecule has 0 spiro atoms. The van der Waals surface area contributed by atoms with E-state index in [1.54, 1.807) is 0 Å². The second-order valence-electron chi connectivity index (χ2n) is 4.96. The summed E-state index contributed by atoms with van der Waals surface area (Å²) < 4.78 is 0. The largest absolute Gasteiger partial charge is 0.385 e. The predicted molar refractivity (Wildman–Crippen MR) is 54.9 cm³/mol. The van der Waals surface area contributed by atoms with E-state index in [0.29, 0.717) is 6.42 Å². The number of carbonyl (C=O) groups excluding carboxylic acids is 1. The summed E-state index contributed by atoms with van der Waals surface area (Å²) in [6.07, 6.45) is 4.50. The third-order valence-corrected chi connectivity index (χ3v) is 3.90. The first kappa shape index (κ1) is 9.91. The van der Waals surface area contributed by atoms with Gasteiger partial charge in [0.1, 0.15) is 6.10 Å². The normalized spacial score (nSPS) is 38.5. The molecule has 0 unspecified atom stereocenters. The topological polar surface area (TPSA) is 37.3 Å². The first-order valence-corrected chi connectivity index (χ1v) is 5.47. The van der Waals surface area contributed by atoms with Crippen molar-refractivity contribution in [1.29, 1.82) is 0 Å². The Morgan fingerprint density at radius 1 is 1.43 bits per heavy atom. The van der Waals surface area contributed by atoms with Crippen LogP contribution >= 0.6 is 0 Å². The Morgan fingerprint density at radius 3 is 2.86 bits per heavy atom. The highest BCUT2D eigenvalue weighted by molar-refractivity contribution is 6.00.